The Balaban J connectivity index is 1.99. The summed E-state index contributed by atoms with van der Waals surface area (Å²) in [6, 6.07) is 6.56. The van der Waals surface area contributed by atoms with Gasteiger partial charge in [-0.25, -0.2) is 0 Å². The topological polar surface area (TPSA) is 69.7 Å². The summed E-state index contributed by atoms with van der Waals surface area (Å²) >= 11 is 0. The van der Waals surface area contributed by atoms with Gasteiger partial charge in [0.1, 0.15) is 0 Å². The molecule has 0 saturated carbocycles. The molecule has 0 radical (unpaired) electrons. The number of nitrogens with one attached hydrogen (secondary N) is 1. The van der Waals surface area contributed by atoms with Crippen molar-refractivity contribution in [1.29, 1.82) is 0 Å². The summed E-state index contributed by atoms with van der Waals surface area (Å²) in [5.74, 6) is -1.28. The first-order chi connectivity index (χ1) is 9.97. The fourth-order valence-corrected chi connectivity index (χ4v) is 2.15. The first-order valence-electron chi connectivity index (χ1n) is 6.87. The summed E-state index contributed by atoms with van der Waals surface area (Å²) in [6.45, 7) is 4.08. The van der Waals surface area contributed by atoms with E-state index in [9.17, 15) is 14.4 Å². The highest BCUT2D eigenvalue weighted by molar-refractivity contribution is 6.39. The molecule has 0 atom stereocenters. The molecule has 1 fully saturated rings. The Kier molecular flexibility index (Phi) is 4.70. The molecule has 112 valence electrons. The van der Waals surface area contributed by atoms with E-state index in [1.807, 2.05) is 7.05 Å². The average Bonchev–Trinajstić information content (AvgIpc) is 2.47. The molecule has 6 heteroatoms. The first-order valence-corrected chi connectivity index (χ1v) is 6.87. The van der Waals surface area contributed by atoms with Crippen LogP contribution < -0.4 is 5.32 Å². The summed E-state index contributed by atoms with van der Waals surface area (Å²) in [7, 11) is 1.98. The number of likely N-dealkylation sites (N-methyl/N-ethyl adjacent to an activating group) is 1. The van der Waals surface area contributed by atoms with Crippen molar-refractivity contribution < 1.29 is 14.4 Å². The van der Waals surface area contributed by atoms with Gasteiger partial charge in [0.25, 0.3) is 0 Å². The molecule has 0 spiro atoms. The highest BCUT2D eigenvalue weighted by Crippen LogP contribution is 2.11. The SMILES string of the molecule is CC(=O)c1cccc(NC(=O)C(=O)N2CCN(C)CC2)c1. The zero-order chi connectivity index (χ0) is 15.4. The zero-order valence-corrected chi connectivity index (χ0v) is 12.3. The number of rotatable bonds is 2. The number of ketones is 1. The lowest BCUT2D eigenvalue weighted by Crippen LogP contribution is -2.50. The largest absolute Gasteiger partial charge is 0.332 e. The minimum absolute atomic E-state index is 0.0866. The molecule has 21 heavy (non-hydrogen) atoms. The number of piperazine rings is 1. The molecule has 0 aromatic heterocycles. The van der Waals surface area contributed by atoms with E-state index < -0.39 is 11.8 Å². The maximum absolute atomic E-state index is 12.1. The normalized spacial score (nSPS) is 15.6. The highest BCUT2D eigenvalue weighted by atomic mass is 16.2. The molecule has 1 aromatic rings. The Morgan fingerprint density at radius 1 is 1.10 bits per heavy atom. The predicted octanol–water partition coefficient (Wildman–Crippen LogP) is 0.602. The van der Waals surface area contributed by atoms with Gasteiger partial charge in [-0.3, -0.25) is 14.4 Å². The molecule has 2 amide bonds. The van der Waals surface area contributed by atoms with E-state index in [2.05, 4.69) is 10.2 Å². The van der Waals surface area contributed by atoms with Crippen molar-refractivity contribution in [2.75, 3.05) is 38.5 Å². The van der Waals surface area contributed by atoms with Crippen LogP contribution in [0.2, 0.25) is 0 Å². The van der Waals surface area contributed by atoms with E-state index in [1.54, 1.807) is 29.2 Å². The molecule has 0 unspecified atom stereocenters. The summed E-state index contributed by atoms with van der Waals surface area (Å²) in [6.07, 6.45) is 0. The summed E-state index contributed by atoms with van der Waals surface area (Å²) in [5, 5.41) is 2.55. The molecule has 6 nitrogen and oxygen atoms in total. The molecule has 2 rings (SSSR count). The Labute approximate surface area is 123 Å². The highest BCUT2D eigenvalue weighted by Gasteiger charge is 2.24. The van der Waals surface area contributed by atoms with Gasteiger partial charge in [0.15, 0.2) is 5.78 Å². The van der Waals surface area contributed by atoms with Gasteiger partial charge in [0.2, 0.25) is 0 Å². The maximum Gasteiger partial charge on any atom is 0.313 e. The van der Waals surface area contributed by atoms with Gasteiger partial charge < -0.3 is 15.1 Å². The number of Topliss-reactive ketones (excluding diaryl/α,β-unsaturated/α-hetero) is 1. The van der Waals surface area contributed by atoms with Gasteiger partial charge in [-0.15, -0.1) is 0 Å². The maximum atomic E-state index is 12.1. The smallest absolute Gasteiger partial charge is 0.313 e. The van der Waals surface area contributed by atoms with Gasteiger partial charge >= 0.3 is 11.8 Å². The third-order valence-corrected chi connectivity index (χ3v) is 3.51. The molecule has 1 aliphatic rings. The van der Waals surface area contributed by atoms with E-state index in [4.69, 9.17) is 0 Å². The van der Waals surface area contributed by atoms with Crippen LogP contribution in [0.1, 0.15) is 17.3 Å². The van der Waals surface area contributed by atoms with Crippen LogP contribution in [0.5, 0.6) is 0 Å². The standard InChI is InChI=1S/C15H19N3O3/c1-11(19)12-4-3-5-13(10-12)16-14(20)15(21)18-8-6-17(2)7-9-18/h3-5,10H,6-9H2,1-2H3,(H,16,20). The fraction of sp³-hybridized carbons (Fsp3) is 0.400. The molecule has 1 saturated heterocycles. The van der Waals surface area contributed by atoms with Crippen molar-refractivity contribution in [1.82, 2.24) is 9.80 Å². The van der Waals surface area contributed by atoms with Gasteiger partial charge in [0, 0.05) is 37.4 Å². The molecule has 1 heterocycles. The monoisotopic (exact) mass is 289 g/mol. The minimum Gasteiger partial charge on any atom is -0.332 e. The van der Waals surface area contributed by atoms with Crippen LogP contribution in [-0.4, -0.2) is 60.6 Å². The van der Waals surface area contributed by atoms with Gasteiger partial charge in [-0.2, -0.15) is 0 Å². The molecule has 1 aromatic carbocycles. The van der Waals surface area contributed by atoms with Crippen LogP contribution in [0.15, 0.2) is 24.3 Å². The second-order valence-electron chi connectivity index (χ2n) is 5.19. The lowest BCUT2D eigenvalue weighted by atomic mass is 10.1. The zero-order valence-electron chi connectivity index (χ0n) is 12.3. The number of anilines is 1. The van der Waals surface area contributed by atoms with Crippen molar-refractivity contribution >= 4 is 23.3 Å². The van der Waals surface area contributed by atoms with Crippen molar-refractivity contribution in [3.8, 4) is 0 Å². The van der Waals surface area contributed by atoms with Crippen molar-refractivity contribution in [3.63, 3.8) is 0 Å². The Bertz CT molecular complexity index is 563. The predicted molar refractivity (Wildman–Crippen MR) is 79.2 cm³/mol. The third-order valence-electron chi connectivity index (χ3n) is 3.51. The summed E-state index contributed by atoms with van der Waals surface area (Å²) in [5.41, 5.74) is 0.954. The van der Waals surface area contributed by atoms with Crippen molar-refractivity contribution in [3.05, 3.63) is 29.8 Å². The first kappa shape index (κ1) is 15.2. The summed E-state index contributed by atoms with van der Waals surface area (Å²) < 4.78 is 0. The molecule has 0 bridgehead atoms. The molecule has 0 aliphatic carbocycles. The number of hydrogen-bond donors (Lipinski definition) is 1. The molecule has 1 aliphatic heterocycles. The van der Waals surface area contributed by atoms with E-state index in [0.29, 0.717) is 24.3 Å². The molecular formula is C15H19N3O3. The molecule has 1 N–H and O–H groups in total. The van der Waals surface area contributed by atoms with Crippen molar-refractivity contribution in [2.24, 2.45) is 0 Å². The van der Waals surface area contributed by atoms with E-state index in [1.165, 1.54) is 6.92 Å². The average molecular weight is 289 g/mol. The van der Waals surface area contributed by atoms with Crippen LogP contribution in [0, 0.1) is 0 Å². The number of carbonyl (C=O) groups excluding carboxylic acids is 3. The Hall–Kier alpha value is -2.21. The second-order valence-corrected chi connectivity index (χ2v) is 5.19. The van der Waals surface area contributed by atoms with Gasteiger partial charge in [0.05, 0.1) is 0 Å². The van der Waals surface area contributed by atoms with E-state index in [0.717, 1.165) is 13.1 Å². The van der Waals surface area contributed by atoms with Crippen LogP contribution in [0.4, 0.5) is 5.69 Å². The number of benzene rings is 1. The fourth-order valence-electron chi connectivity index (χ4n) is 2.15. The van der Waals surface area contributed by atoms with Crippen LogP contribution in [0.25, 0.3) is 0 Å². The van der Waals surface area contributed by atoms with Crippen LogP contribution in [-0.2, 0) is 9.59 Å². The quantitative estimate of drug-likeness (QED) is 0.639. The number of carbonyl (C=O) groups is 3. The van der Waals surface area contributed by atoms with Gasteiger partial charge in [-0.05, 0) is 26.1 Å². The second kappa shape index (κ2) is 6.49. The molecular weight excluding hydrogens is 270 g/mol. The minimum atomic E-state index is -0.666. The van der Waals surface area contributed by atoms with Crippen LogP contribution >= 0.6 is 0 Å². The Morgan fingerprint density at radius 3 is 2.38 bits per heavy atom. The van der Waals surface area contributed by atoms with E-state index >= 15 is 0 Å². The lowest BCUT2D eigenvalue weighted by molar-refractivity contribution is -0.144. The lowest BCUT2D eigenvalue weighted by Gasteiger charge is -2.31. The third kappa shape index (κ3) is 3.88. The van der Waals surface area contributed by atoms with E-state index in [-0.39, 0.29) is 5.78 Å². The van der Waals surface area contributed by atoms with Crippen molar-refractivity contribution in [2.45, 2.75) is 6.92 Å². The Morgan fingerprint density at radius 2 is 1.76 bits per heavy atom. The summed E-state index contributed by atoms with van der Waals surface area (Å²) in [4.78, 5) is 39.0. The number of nitrogens with zero attached hydrogens (tertiary/aromatic N) is 2. The number of amides is 2. The van der Waals surface area contributed by atoms with Gasteiger partial charge in [-0.1, -0.05) is 12.1 Å². The number of hydrogen-bond acceptors (Lipinski definition) is 4. The van der Waals surface area contributed by atoms with Crippen LogP contribution in [0.3, 0.4) is 0 Å².